The topological polar surface area (TPSA) is 42.2 Å². The van der Waals surface area contributed by atoms with Crippen molar-refractivity contribution in [3.05, 3.63) is 92.4 Å². The molecule has 152 valence electrons. The maximum absolute atomic E-state index is 9.60. The maximum Gasteiger partial charge on any atom is 0.180 e. The molecule has 30 heavy (non-hydrogen) atoms. The number of benzene rings is 3. The highest BCUT2D eigenvalue weighted by Crippen LogP contribution is 2.38. The third-order valence-corrected chi connectivity index (χ3v) is 4.96. The summed E-state index contributed by atoms with van der Waals surface area (Å²) >= 11 is 18.5. The molecular formula is C24H18Cl3NO2. The standard InChI is InChI=1S/C24H18Cl3NO2/c1-2-29-23-12-17(10-19(14-28)18-4-3-5-21(26)13-18)11-22(27)24(23)30-15-16-6-8-20(25)9-7-16/h3-13H,2,15H2,1H3/b19-10-. The summed E-state index contributed by atoms with van der Waals surface area (Å²) < 4.78 is 11.7. The van der Waals surface area contributed by atoms with Crippen LogP contribution in [0.2, 0.25) is 15.1 Å². The summed E-state index contributed by atoms with van der Waals surface area (Å²) in [6, 6.07) is 20.3. The molecule has 0 aliphatic heterocycles. The number of hydrogen-bond acceptors (Lipinski definition) is 3. The van der Waals surface area contributed by atoms with E-state index in [1.807, 2.05) is 25.1 Å². The molecule has 3 rings (SSSR count). The van der Waals surface area contributed by atoms with E-state index in [1.165, 1.54) is 0 Å². The maximum atomic E-state index is 9.60. The van der Waals surface area contributed by atoms with Gasteiger partial charge in [0.1, 0.15) is 6.61 Å². The lowest BCUT2D eigenvalue weighted by Crippen LogP contribution is -2.01. The smallest absolute Gasteiger partial charge is 0.180 e. The molecule has 3 aromatic rings. The Bertz CT molecular complexity index is 1100. The number of allylic oxidation sites excluding steroid dienone is 1. The fraction of sp³-hybridized carbons (Fsp3) is 0.125. The molecule has 0 saturated heterocycles. The molecule has 0 spiro atoms. The lowest BCUT2D eigenvalue weighted by atomic mass is 10.0. The van der Waals surface area contributed by atoms with Crippen LogP contribution in [0.15, 0.2) is 60.7 Å². The van der Waals surface area contributed by atoms with Crippen molar-refractivity contribution in [2.24, 2.45) is 0 Å². The van der Waals surface area contributed by atoms with E-state index >= 15 is 0 Å². The summed E-state index contributed by atoms with van der Waals surface area (Å²) in [4.78, 5) is 0. The van der Waals surface area contributed by atoms with Crippen LogP contribution in [-0.4, -0.2) is 6.61 Å². The van der Waals surface area contributed by atoms with Crippen LogP contribution in [0.25, 0.3) is 11.6 Å². The summed E-state index contributed by atoms with van der Waals surface area (Å²) in [5, 5.41) is 11.2. The average molecular weight is 459 g/mol. The summed E-state index contributed by atoms with van der Waals surface area (Å²) in [5.74, 6) is 0.959. The van der Waals surface area contributed by atoms with E-state index in [1.54, 1.807) is 48.5 Å². The molecule has 0 unspecified atom stereocenters. The van der Waals surface area contributed by atoms with Crippen molar-refractivity contribution in [1.29, 1.82) is 5.26 Å². The van der Waals surface area contributed by atoms with Crippen LogP contribution in [0.1, 0.15) is 23.6 Å². The lowest BCUT2D eigenvalue weighted by Gasteiger charge is -2.15. The zero-order valence-electron chi connectivity index (χ0n) is 16.2. The molecule has 0 saturated carbocycles. The monoisotopic (exact) mass is 457 g/mol. The van der Waals surface area contributed by atoms with Gasteiger partial charge in [0.05, 0.1) is 23.3 Å². The Kier molecular flexibility index (Phi) is 7.65. The van der Waals surface area contributed by atoms with Crippen LogP contribution in [0.5, 0.6) is 11.5 Å². The van der Waals surface area contributed by atoms with Crippen LogP contribution < -0.4 is 9.47 Å². The second kappa shape index (κ2) is 10.4. The molecule has 0 bridgehead atoms. The molecule has 0 heterocycles. The normalized spacial score (nSPS) is 11.1. The highest BCUT2D eigenvalue weighted by molar-refractivity contribution is 6.32. The highest BCUT2D eigenvalue weighted by Gasteiger charge is 2.13. The first kappa shape index (κ1) is 22.1. The number of hydrogen-bond donors (Lipinski definition) is 0. The Morgan fingerprint density at radius 2 is 1.73 bits per heavy atom. The quantitative estimate of drug-likeness (QED) is 0.269. The van der Waals surface area contributed by atoms with Crippen molar-refractivity contribution in [3.63, 3.8) is 0 Å². The minimum Gasteiger partial charge on any atom is -0.490 e. The summed E-state index contributed by atoms with van der Waals surface area (Å²) in [6.07, 6.45) is 1.74. The molecule has 0 amide bonds. The number of rotatable bonds is 7. The zero-order valence-corrected chi connectivity index (χ0v) is 18.4. The van der Waals surface area contributed by atoms with Gasteiger partial charge in [0.15, 0.2) is 11.5 Å². The molecule has 0 aliphatic carbocycles. The van der Waals surface area contributed by atoms with Crippen LogP contribution in [0.4, 0.5) is 0 Å². The number of halogens is 3. The van der Waals surface area contributed by atoms with E-state index in [0.717, 1.165) is 16.7 Å². The van der Waals surface area contributed by atoms with Crippen molar-refractivity contribution in [3.8, 4) is 17.6 Å². The first-order valence-electron chi connectivity index (χ1n) is 9.21. The fourth-order valence-corrected chi connectivity index (χ4v) is 3.40. The molecule has 3 nitrogen and oxygen atoms in total. The first-order chi connectivity index (χ1) is 14.5. The van der Waals surface area contributed by atoms with Gasteiger partial charge in [0, 0.05) is 10.0 Å². The Labute approximate surface area is 191 Å². The Morgan fingerprint density at radius 3 is 2.40 bits per heavy atom. The summed E-state index contributed by atoms with van der Waals surface area (Å²) in [5.41, 5.74) is 2.86. The summed E-state index contributed by atoms with van der Waals surface area (Å²) in [6.45, 7) is 2.64. The van der Waals surface area contributed by atoms with Gasteiger partial charge in [0.25, 0.3) is 0 Å². The van der Waals surface area contributed by atoms with E-state index in [4.69, 9.17) is 44.3 Å². The average Bonchev–Trinajstić information content (AvgIpc) is 2.73. The molecule has 0 aliphatic rings. The molecule has 0 fully saturated rings. The minimum absolute atomic E-state index is 0.318. The van der Waals surface area contributed by atoms with Crippen molar-refractivity contribution >= 4 is 46.5 Å². The number of nitriles is 1. The first-order valence-corrected chi connectivity index (χ1v) is 10.3. The van der Waals surface area contributed by atoms with Crippen molar-refractivity contribution in [1.82, 2.24) is 0 Å². The molecule has 0 aromatic heterocycles. The molecule has 3 aromatic carbocycles. The van der Waals surface area contributed by atoms with E-state index in [0.29, 0.717) is 45.4 Å². The van der Waals surface area contributed by atoms with Crippen LogP contribution in [0.3, 0.4) is 0 Å². The zero-order chi connectivity index (χ0) is 21.5. The van der Waals surface area contributed by atoms with Gasteiger partial charge in [0.2, 0.25) is 0 Å². The molecule has 6 heteroatoms. The van der Waals surface area contributed by atoms with Gasteiger partial charge in [-0.25, -0.2) is 0 Å². The van der Waals surface area contributed by atoms with Gasteiger partial charge in [-0.1, -0.05) is 59.1 Å². The van der Waals surface area contributed by atoms with Crippen LogP contribution in [-0.2, 0) is 6.61 Å². The van der Waals surface area contributed by atoms with E-state index in [2.05, 4.69) is 6.07 Å². The second-order valence-electron chi connectivity index (χ2n) is 6.36. The Morgan fingerprint density at radius 1 is 0.967 bits per heavy atom. The molecular weight excluding hydrogens is 441 g/mol. The molecule has 0 radical (unpaired) electrons. The van der Waals surface area contributed by atoms with Crippen molar-refractivity contribution in [2.45, 2.75) is 13.5 Å². The van der Waals surface area contributed by atoms with E-state index in [9.17, 15) is 5.26 Å². The second-order valence-corrected chi connectivity index (χ2v) is 7.64. The minimum atomic E-state index is 0.318. The SMILES string of the molecule is CCOc1cc(/C=C(/C#N)c2cccc(Cl)c2)cc(Cl)c1OCc1ccc(Cl)cc1. The number of nitrogens with zero attached hydrogens (tertiary/aromatic N) is 1. The predicted molar refractivity (Wildman–Crippen MR) is 123 cm³/mol. The lowest BCUT2D eigenvalue weighted by molar-refractivity contribution is 0.269. The van der Waals surface area contributed by atoms with Crippen molar-refractivity contribution < 1.29 is 9.47 Å². The predicted octanol–water partition coefficient (Wildman–Crippen LogP) is 7.69. The van der Waals surface area contributed by atoms with Gasteiger partial charge in [-0.3, -0.25) is 0 Å². The third kappa shape index (κ3) is 5.70. The highest BCUT2D eigenvalue weighted by atomic mass is 35.5. The van der Waals surface area contributed by atoms with Gasteiger partial charge in [-0.15, -0.1) is 0 Å². The van der Waals surface area contributed by atoms with Gasteiger partial charge < -0.3 is 9.47 Å². The van der Waals surface area contributed by atoms with Gasteiger partial charge in [-0.05, 0) is 66.1 Å². The van der Waals surface area contributed by atoms with Gasteiger partial charge >= 0.3 is 0 Å². The van der Waals surface area contributed by atoms with Gasteiger partial charge in [-0.2, -0.15) is 5.26 Å². The number of ether oxygens (including phenoxy) is 2. The molecule has 0 atom stereocenters. The van der Waals surface area contributed by atoms with E-state index < -0.39 is 0 Å². The summed E-state index contributed by atoms with van der Waals surface area (Å²) in [7, 11) is 0. The third-order valence-electron chi connectivity index (χ3n) is 4.20. The Hall–Kier alpha value is -2.64. The van der Waals surface area contributed by atoms with E-state index in [-0.39, 0.29) is 0 Å². The fourth-order valence-electron chi connectivity index (χ4n) is 2.81. The van der Waals surface area contributed by atoms with Crippen molar-refractivity contribution in [2.75, 3.05) is 6.61 Å². The largest absolute Gasteiger partial charge is 0.490 e. The Balaban J connectivity index is 1.92. The van der Waals surface area contributed by atoms with Crippen LogP contribution >= 0.6 is 34.8 Å². The molecule has 0 N–H and O–H groups in total. The van der Waals surface area contributed by atoms with Crippen LogP contribution in [0, 0.1) is 11.3 Å².